The molecule has 0 fully saturated rings. The van der Waals surface area contributed by atoms with E-state index in [1.165, 1.54) is 23.9 Å². The van der Waals surface area contributed by atoms with Crippen LogP contribution in [0.4, 0.5) is 0 Å². The van der Waals surface area contributed by atoms with E-state index in [-0.39, 0.29) is 17.4 Å². The number of aromatic hydroxyl groups is 1. The number of carboxylic acid groups (broad SMARTS) is 1. The zero-order valence-corrected chi connectivity index (χ0v) is 21.8. The first-order chi connectivity index (χ1) is 17.1. The Morgan fingerprint density at radius 1 is 0.889 bits per heavy atom. The van der Waals surface area contributed by atoms with Crippen molar-refractivity contribution in [3.05, 3.63) is 89.5 Å². The molecule has 0 aliphatic rings. The highest BCUT2D eigenvalue weighted by Gasteiger charge is 2.26. The fourth-order valence-electron chi connectivity index (χ4n) is 3.61. The number of benzene rings is 3. The number of thioether (sulfide) groups is 1. The van der Waals surface area contributed by atoms with E-state index in [9.17, 15) is 23.4 Å². The maximum atomic E-state index is 11.9. The van der Waals surface area contributed by atoms with Gasteiger partial charge in [-0.25, -0.2) is 0 Å². The molecule has 2 N–H and O–H groups in total. The van der Waals surface area contributed by atoms with Gasteiger partial charge in [0.05, 0.1) is 12.9 Å². The first-order valence-electron chi connectivity index (χ1n) is 11.4. The van der Waals surface area contributed by atoms with E-state index in [1.54, 1.807) is 24.3 Å². The van der Waals surface area contributed by atoms with E-state index in [0.29, 0.717) is 24.5 Å². The summed E-state index contributed by atoms with van der Waals surface area (Å²) in [5.41, 5.74) is 3.09. The summed E-state index contributed by atoms with van der Waals surface area (Å²) in [6, 6.07) is 21.2. The number of hydrogen-bond acceptors (Lipinski definition) is 7. The molecule has 3 aromatic rings. The van der Waals surface area contributed by atoms with Crippen molar-refractivity contribution in [3.63, 3.8) is 0 Å². The molecule has 0 spiro atoms. The second-order valence-electron chi connectivity index (χ2n) is 8.43. The standard InChI is InChI=1S/C27H30O7S2/c1-19(26(27(29)30)35-18-16-21-5-9-23(28)10-6-21)22-7-3-20(4-8-22)15-17-33-24-11-13-25(14-12-24)34-36(2,31)32/h3-14,19,26,28H,15-18H2,1-2H3,(H,29,30)/t19?,26-/m1/s1. The van der Waals surface area contributed by atoms with Gasteiger partial charge in [-0.2, -0.15) is 8.42 Å². The molecule has 192 valence electrons. The van der Waals surface area contributed by atoms with Crippen LogP contribution in [0, 0.1) is 0 Å². The monoisotopic (exact) mass is 530 g/mol. The van der Waals surface area contributed by atoms with Gasteiger partial charge in [0, 0.05) is 12.3 Å². The minimum atomic E-state index is -3.56. The maximum Gasteiger partial charge on any atom is 0.317 e. The topological polar surface area (TPSA) is 110 Å². The van der Waals surface area contributed by atoms with Crippen molar-refractivity contribution in [3.8, 4) is 17.2 Å². The lowest BCUT2D eigenvalue weighted by molar-refractivity contribution is -0.136. The highest BCUT2D eigenvalue weighted by atomic mass is 32.2. The van der Waals surface area contributed by atoms with E-state index in [2.05, 4.69) is 0 Å². The Kier molecular flexibility index (Phi) is 9.66. The first kappa shape index (κ1) is 27.4. The normalized spacial score (nSPS) is 13.1. The van der Waals surface area contributed by atoms with Crippen LogP contribution in [-0.4, -0.2) is 48.5 Å². The van der Waals surface area contributed by atoms with E-state index in [0.717, 1.165) is 29.4 Å². The number of aliphatic carboxylic acids is 1. The zero-order valence-electron chi connectivity index (χ0n) is 20.2. The number of carboxylic acids is 1. The lowest BCUT2D eigenvalue weighted by Crippen LogP contribution is -2.24. The number of ether oxygens (including phenoxy) is 1. The summed E-state index contributed by atoms with van der Waals surface area (Å²) in [4.78, 5) is 11.9. The lowest BCUT2D eigenvalue weighted by Gasteiger charge is -2.20. The molecular weight excluding hydrogens is 500 g/mol. The van der Waals surface area contributed by atoms with Gasteiger partial charge < -0.3 is 19.1 Å². The Morgan fingerprint density at radius 3 is 2.03 bits per heavy atom. The van der Waals surface area contributed by atoms with Gasteiger partial charge in [0.2, 0.25) is 0 Å². The molecule has 0 aliphatic carbocycles. The average molecular weight is 531 g/mol. The van der Waals surface area contributed by atoms with Gasteiger partial charge in [0.1, 0.15) is 22.5 Å². The van der Waals surface area contributed by atoms with E-state index in [1.807, 2.05) is 43.3 Å². The smallest absolute Gasteiger partial charge is 0.317 e. The number of phenols is 1. The fourth-order valence-corrected chi connectivity index (χ4v) is 5.27. The van der Waals surface area contributed by atoms with Crippen molar-refractivity contribution in [2.45, 2.75) is 30.9 Å². The van der Waals surface area contributed by atoms with Gasteiger partial charge in [0.15, 0.2) is 0 Å². The maximum absolute atomic E-state index is 11.9. The molecule has 1 unspecified atom stereocenters. The number of rotatable bonds is 13. The number of phenolic OH excluding ortho intramolecular Hbond substituents is 1. The summed E-state index contributed by atoms with van der Waals surface area (Å²) < 4.78 is 32.9. The first-order valence-corrected chi connectivity index (χ1v) is 14.3. The van der Waals surface area contributed by atoms with Crippen molar-refractivity contribution in [1.29, 1.82) is 0 Å². The summed E-state index contributed by atoms with van der Waals surface area (Å²) in [5.74, 6) is 0.730. The molecule has 0 aromatic heterocycles. The molecular formula is C27H30O7S2. The second kappa shape index (κ2) is 12.7. The molecule has 3 aromatic carbocycles. The highest BCUT2D eigenvalue weighted by molar-refractivity contribution is 8.00. The van der Waals surface area contributed by atoms with Gasteiger partial charge in [0.25, 0.3) is 0 Å². The van der Waals surface area contributed by atoms with Gasteiger partial charge >= 0.3 is 16.1 Å². The third-order valence-electron chi connectivity index (χ3n) is 5.56. The molecule has 0 aliphatic heterocycles. The summed E-state index contributed by atoms with van der Waals surface area (Å²) in [5, 5.41) is 18.6. The zero-order chi connectivity index (χ0) is 26.1. The third kappa shape index (κ3) is 8.80. The van der Waals surface area contributed by atoms with Gasteiger partial charge in [-0.1, -0.05) is 43.3 Å². The molecule has 3 rings (SSSR count). The van der Waals surface area contributed by atoms with Crippen LogP contribution < -0.4 is 8.92 Å². The van der Waals surface area contributed by atoms with Crippen LogP contribution in [0.2, 0.25) is 0 Å². The molecule has 9 heteroatoms. The Balaban J connectivity index is 1.49. The highest BCUT2D eigenvalue weighted by Crippen LogP contribution is 2.30. The molecule has 0 bridgehead atoms. The van der Waals surface area contributed by atoms with Gasteiger partial charge in [-0.3, -0.25) is 4.79 Å². The van der Waals surface area contributed by atoms with Crippen LogP contribution >= 0.6 is 11.8 Å². The van der Waals surface area contributed by atoms with Crippen molar-refractivity contribution < 1.29 is 32.3 Å². The number of hydrogen-bond donors (Lipinski definition) is 2. The lowest BCUT2D eigenvalue weighted by atomic mass is 9.96. The van der Waals surface area contributed by atoms with Gasteiger partial charge in [-0.05, 0) is 65.3 Å². The van der Waals surface area contributed by atoms with Crippen LogP contribution in [0.5, 0.6) is 17.2 Å². The molecule has 0 heterocycles. The quantitative estimate of drug-likeness (QED) is 0.301. The minimum absolute atomic E-state index is 0.162. The fraction of sp³-hybridized carbons (Fsp3) is 0.296. The van der Waals surface area contributed by atoms with Crippen LogP contribution in [0.3, 0.4) is 0 Å². The molecule has 0 saturated carbocycles. The van der Waals surface area contributed by atoms with E-state index < -0.39 is 21.3 Å². The Morgan fingerprint density at radius 2 is 1.44 bits per heavy atom. The summed E-state index contributed by atoms with van der Waals surface area (Å²) in [6.07, 6.45) is 2.39. The Hall–Kier alpha value is -3.17. The SMILES string of the molecule is CC(c1ccc(CCOc2ccc(OS(C)(=O)=O)cc2)cc1)[C@@H](SCCc1ccc(O)cc1)C(=O)O. The molecule has 7 nitrogen and oxygen atoms in total. The number of carbonyl (C=O) groups is 1. The Bertz CT molecular complexity index is 1220. The van der Waals surface area contributed by atoms with Crippen molar-refractivity contribution in [1.82, 2.24) is 0 Å². The van der Waals surface area contributed by atoms with E-state index >= 15 is 0 Å². The minimum Gasteiger partial charge on any atom is -0.508 e. The van der Waals surface area contributed by atoms with E-state index in [4.69, 9.17) is 8.92 Å². The molecule has 0 radical (unpaired) electrons. The van der Waals surface area contributed by atoms with Crippen LogP contribution in [-0.2, 0) is 27.8 Å². The summed E-state index contributed by atoms with van der Waals surface area (Å²) in [6.45, 7) is 2.37. The third-order valence-corrected chi connectivity index (χ3v) is 7.46. The van der Waals surface area contributed by atoms with Crippen LogP contribution in [0.15, 0.2) is 72.8 Å². The molecule has 2 atom stereocenters. The van der Waals surface area contributed by atoms with Crippen molar-refractivity contribution >= 4 is 27.8 Å². The van der Waals surface area contributed by atoms with Crippen molar-refractivity contribution in [2.75, 3.05) is 18.6 Å². The predicted octanol–water partition coefficient (Wildman–Crippen LogP) is 4.88. The van der Waals surface area contributed by atoms with Crippen molar-refractivity contribution in [2.24, 2.45) is 0 Å². The summed E-state index contributed by atoms with van der Waals surface area (Å²) in [7, 11) is -3.56. The molecule has 0 saturated heterocycles. The van der Waals surface area contributed by atoms with Crippen LogP contribution in [0.1, 0.15) is 29.5 Å². The second-order valence-corrected chi connectivity index (χ2v) is 11.3. The molecule has 36 heavy (non-hydrogen) atoms. The average Bonchev–Trinajstić information content (AvgIpc) is 2.83. The van der Waals surface area contributed by atoms with Crippen LogP contribution in [0.25, 0.3) is 0 Å². The van der Waals surface area contributed by atoms with Gasteiger partial charge in [-0.15, -0.1) is 11.8 Å². The Labute approximate surface area is 216 Å². The number of aryl methyl sites for hydroxylation is 1. The summed E-state index contributed by atoms with van der Waals surface area (Å²) >= 11 is 1.43. The largest absolute Gasteiger partial charge is 0.508 e. The molecule has 0 amide bonds. The predicted molar refractivity (Wildman–Crippen MR) is 142 cm³/mol.